The smallest absolute Gasteiger partial charge is 0.225 e. The second-order valence-corrected chi connectivity index (χ2v) is 5.50. The van der Waals surface area contributed by atoms with Gasteiger partial charge < -0.3 is 10.3 Å². The van der Waals surface area contributed by atoms with Crippen molar-refractivity contribution in [3.63, 3.8) is 0 Å². The summed E-state index contributed by atoms with van der Waals surface area (Å²) in [6.45, 7) is 1.67. The Morgan fingerprint density at radius 2 is 1.88 bits per heavy atom. The van der Waals surface area contributed by atoms with E-state index in [1.165, 1.54) is 18.2 Å². The van der Waals surface area contributed by atoms with E-state index in [0.29, 0.717) is 22.8 Å². The van der Waals surface area contributed by atoms with Crippen LogP contribution < -0.4 is 5.73 Å². The number of primary amides is 1. The molecule has 0 fully saturated rings. The number of nitrogens with zero attached hydrogens (tertiary/aromatic N) is 2. The number of hydrogen-bond donors (Lipinski definition) is 1. The molecule has 0 atom stereocenters. The first kappa shape index (κ1) is 15.9. The quantitative estimate of drug-likeness (QED) is 0.800. The van der Waals surface area contributed by atoms with E-state index in [9.17, 15) is 13.6 Å². The van der Waals surface area contributed by atoms with E-state index in [1.54, 1.807) is 42.0 Å². The van der Waals surface area contributed by atoms with Crippen LogP contribution in [0.5, 0.6) is 0 Å². The van der Waals surface area contributed by atoms with E-state index in [2.05, 4.69) is 4.98 Å². The summed E-state index contributed by atoms with van der Waals surface area (Å²) in [7, 11) is 0. The van der Waals surface area contributed by atoms with Crippen molar-refractivity contribution in [3.05, 3.63) is 71.7 Å². The number of rotatable bonds is 4. The molecule has 0 saturated heterocycles. The van der Waals surface area contributed by atoms with Crippen molar-refractivity contribution >= 4 is 5.91 Å². The summed E-state index contributed by atoms with van der Waals surface area (Å²) in [6, 6.07) is 10.5. The first-order valence-corrected chi connectivity index (χ1v) is 7.33. The Morgan fingerprint density at radius 3 is 2.50 bits per heavy atom. The van der Waals surface area contributed by atoms with Crippen LogP contribution in [0, 0.1) is 18.6 Å². The second-order valence-electron chi connectivity index (χ2n) is 5.50. The molecule has 0 saturated carbocycles. The fourth-order valence-electron chi connectivity index (χ4n) is 2.47. The number of aromatic nitrogens is 2. The van der Waals surface area contributed by atoms with Crippen LogP contribution in [0.3, 0.4) is 0 Å². The normalized spacial score (nSPS) is 10.8. The molecule has 6 heteroatoms. The molecule has 122 valence electrons. The van der Waals surface area contributed by atoms with Gasteiger partial charge in [-0.1, -0.05) is 0 Å². The first-order valence-electron chi connectivity index (χ1n) is 7.33. The molecule has 3 rings (SSSR count). The van der Waals surface area contributed by atoms with Crippen LogP contribution >= 0.6 is 0 Å². The molecule has 2 aromatic carbocycles. The highest BCUT2D eigenvalue weighted by Crippen LogP contribution is 2.24. The van der Waals surface area contributed by atoms with Gasteiger partial charge in [-0.15, -0.1) is 0 Å². The minimum atomic E-state index is -0.522. The predicted molar refractivity (Wildman–Crippen MR) is 86.6 cm³/mol. The van der Waals surface area contributed by atoms with Gasteiger partial charge in [0.2, 0.25) is 5.91 Å². The van der Waals surface area contributed by atoms with Gasteiger partial charge in [0, 0.05) is 17.4 Å². The van der Waals surface area contributed by atoms with Crippen molar-refractivity contribution in [2.75, 3.05) is 0 Å². The lowest BCUT2D eigenvalue weighted by atomic mass is 10.1. The molecular formula is C18H15F2N3O. The molecular weight excluding hydrogens is 312 g/mol. The molecule has 24 heavy (non-hydrogen) atoms. The summed E-state index contributed by atoms with van der Waals surface area (Å²) < 4.78 is 28.3. The summed E-state index contributed by atoms with van der Waals surface area (Å²) in [5, 5.41) is 0. The van der Waals surface area contributed by atoms with Crippen molar-refractivity contribution in [1.82, 2.24) is 9.55 Å². The summed E-state index contributed by atoms with van der Waals surface area (Å²) in [5.41, 5.74) is 7.75. The zero-order chi connectivity index (χ0) is 17.3. The fraction of sp³-hybridized carbons (Fsp3) is 0.111. The summed E-state index contributed by atoms with van der Waals surface area (Å²) in [5.74, 6) is -0.740. The van der Waals surface area contributed by atoms with Crippen LogP contribution in [0.25, 0.3) is 16.9 Å². The van der Waals surface area contributed by atoms with Gasteiger partial charge in [-0.25, -0.2) is 13.8 Å². The molecule has 0 bridgehead atoms. The van der Waals surface area contributed by atoms with Crippen LogP contribution in [0.1, 0.15) is 11.4 Å². The third kappa shape index (κ3) is 3.17. The summed E-state index contributed by atoms with van der Waals surface area (Å²) >= 11 is 0. The Hall–Kier alpha value is -3.02. The van der Waals surface area contributed by atoms with Gasteiger partial charge in [-0.05, 0) is 55.0 Å². The van der Waals surface area contributed by atoms with Gasteiger partial charge in [-0.3, -0.25) is 4.79 Å². The molecule has 0 unspecified atom stereocenters. The molecule has 1 amide bonds. The SMILES string of the molecule is Cc1cc(-c2cn(-c3ccc(F)cc3)c(CC(N)=O)n2)ccc1F. The highest BCUT2D eigenvalue weighted by molar-refractivity contribution is 5.76. The van der Waals surface area contributed by atoms with E-state index in [4.69, 9.17) is 5.73 Å². The number of carbonyl (C=O) groups excluding carboxylic acids is 1. The number of benzene rings is 2. The predicted octanol–water partition coefficient (Wildman–Crippen LogP) is 3.15. The van der Waals surface area contributed by atoms with Gasteiger partial charge in [0.25, 0.3) is 0 Å². The van der Waals surface area contributed by atoms with Gasteiger partial charge in [-0.2, -0.15) is 0 Å². The molecule has 4 nitrogen and oxygen atoms in total. The monoisotopic (exact) mass is 327 g/mol. The molecule has 1 heterocycles. The van der Waals surface area contributed by atoms with E-state index in [1.807, 2.05) is 0 Å². The second kappa shape index (κ2) is 6.23. The Bertz CT molecular complexity index is 901. The maximum atomic E-state index is 13.5. The zero-order valence-corrected chi connectivity index (χ0v) is 13.0. The van der Waals surface area contributed by atoms with Crippen molar-refractivity contribution < 1.29 is 13.6 Å². The first-order chi connectivity index (χ1) is 11.4. The number of carbonyl (C=O) groups is 1. The molecule has 2 N–H and O–H groups in total. The average molecular weight is 327 g/mol. The highest BCUT2D eigenvalue weighted by Gasteiger charge is 2.14. The van der Waals surface area contributed by atoms with Crippen LogP contribution in [0.15, 0.2) is 48.7 Å². The Balaban J connectivity index is 2.10. The fourth-order valence-corrected chi connectivity index (χ4v) is 2.47. The average Bonchev–Trinajstić information content (AvgIpc) is 2.94. The lowest BCUT2D eigenvalue weighted by Crippen LogP contribution is -2.16. The Labute approximate surface area is 137 Å². The van der Waals surface area contributed by atoms with Crippen molar-refractivity contribution in [2.45, 2.75) is 13.3 Å². The van der Waals surface area contributed by atoms with Gasteiger partial charge in [0.05, 0.1) is 12.1 Å². The van der Waals surface area contributed by atoms with Crippen molar-refractivity contribution in [3.8, 4) is 16.9 Å². The summed E-state index contributed by atoms with van der Waals surface area (Å²) in [4.78, 5) is 15.7. The number of aryl methyl sites for hydroxylation is 1. The third-order valence-electron chi connectivity index (χ3n) is 3.67. The Kier molecular flexibility index (Phi) is 4.12. The summed E-state index contributed by atoms with van der Waals surface area (Å²) in [6.07, 6.45) is 1.66. The highest BCUT2D eigenvalue weighted by atomic mass is 19.1. The zero-order valence-electron chi connectivity index (χ0n) is 13.0. The molecule has 3 aromatic rings. The largest absolute Gasteiger partial charge is 0.369 e. The van der Waals surface area contributed by atoms with E-state index in [-0.39, 0.29) is 18.1 Å². The number of amides is 1. The third-order valence-corrected chi connectivity index (χ3v) is 3.67. The van der Waals surface area contributed by atoms with Crippen molar-refractivity contribution in [1.29, 1.82) is 0 Å². The number of hydrogen-bond acceptors (Lipinski definition) is 2. The van der Waals surface area contributed by atoms with E-state index in [0.717, 1.165) is 5.56 Å². The van der Waals surface area contributed by atoms with Crippen LogP contribution in [-0.2, 0) is 11.2 Å². The van der Waals surface area contributed by atoms with Gasteiger partial charge >= 0.3 is 0 Å². The number of nitrogens with two attached hydrogens (primary N) is 1. The molecule has 0 aliphatic heterocycles. The lowest BCUT2D eigenvalue weighted by molar-refractivity contribution is -0.117. The molecule has 0 aliphatic carbocycles. The van der Waals surface area contributed by atoms with Crippen LogP contribution in [-0.4, -0.2) is 15.5 Å². The number of halogens is 2. The number of imidazole rings is 1. The molecule has 0 spiro atoms. The topological polar surface area (TPSA) is 60.9 Å². The van der Waals surface area contributed by atoms with Gasteiger partial charge in [0.1, 0.15) is 17.5 Å². The standard InChI is InChI=1S/C18H15F2N3O/c1-11-8-12(2-7-15(11)20)16-10-23(18(22-16)9-17(21)24)14-5-3-13(19)4-6-14/h2-8,10H,9H2,1H3,(H2,21,24). The minimum absolute atomic E-state index is 0.0580. The molecule has 1 aromatic heterocycles. The van der Waals surface area contributed by atoms with Gasteiger partial charge in [0.15, 0.2) is 0 Å². The minimum Gasteiger partial charge on any atom is -0.369 e. The molecule has 0 radical (unpaired) electrons. The Morgan fingerprint density at radius 1 is 1.17 bits per heavy atom. The maximum Gasteiger partial charge on any atom is 0.225 e. The van der Waals surface area contributed by atoms with Crippen molar-refractivity contribution in [2.24, 2.45) is 5.73 Å². The maximum absolute atomic E-state index is 13.5. The van der Waals surface area contributed by atoms with E-state index < -0.39 is 5.91 Å². The van der Waals surface area contributed by atoms with E-state index >= 15 is 0 Å². The van der Waals surface area contributed by atoms with Crippen LogP contribution in [0.2, 0.25) is 0 Å². The van der Waals surface area contributed by atoms with Crippen LogP contribution in [0.4, 0.5) is 8.78 Å². The lowest BCUT2D eigenvalue weighted by Gasteiger charge is -2.06. The molecule has 0 aliphatic rings.